The molecule has 38 heavy (non-hydrogen) atoms. The molecule has 1 aliphatic heterocycles. The number of benzene rings is 2. The molecule has 1 atom stereocenters. The highest BCUT2D eigenvalue weighted by Gasteiger charge is 2.43. The highest BCUT2D eigenvalue weighted by Crippen LogP contribution is 2.45. The van der Waals surface area contributed by atoms with Gasteiger partial charge in [-0.2, -0.15) is 0 Å². The first kappa shape index (κ1) is 30.6. The van der Waals surface area contributed by atoms with Gasteiger partial charge in [0.15, 0.2) is 11.5 Å². The van der Waals surface area contributed by atoms with E-state index >= 15 is 0 Å². The summed E-state index contributed by atoms with van der Waals surface area (Å²) in [6.45, 7) is 7.76. The Morgan fingerprint density at radius 3 is 1.92 bits per heavy atom. The van der Waals surface area contributed by atoms with Crippen LogP contribution in [-0.2, 0) is 24.9 Å². The molecule has 1 aliphatic rings. The van der Waals surface area contributed by atoms with Crippen LogP contribution in [0, 0.1) is 5.41 Å². The van der Waals surface area contributed by atoms with Gasteiger partial charge >= 0.3 is 11.9 Å². The standard InChI is InChI=1S/C21H27NO3.C6H8O7/c1-3-22(4-2)15-17-23-16-14-21(18-10-6-5-7-11-18)24-19-12-8-9-13-20(19)25-21;7-2-6(4(10)11,5(12)13)1-3(8)9/h5-13H,3-4,14-17H2,1-2H3;7H,1-2H2,(H,8,9)(H,10,11)(H,12,13). The van der Waals surface area contributed by atoms with Gasteiger partial charge in [-0.25, -0.2) is 0 Å². The smallest absolute Gasteiger partial charge is 0.318 e. The minimum absolute atomic E-state index is 0.601. The van der Waals surface area contributed by atoms with Crippen molar-refractivity contribution in [1.82, 2.24) is 0 Å². The van der Waals surface area contributed by atoms with E-state index in [1.165, 1.54) is 0 Å². The summed E-state index contributed by atoms with van der Waals surface area (Å²) in [5, 5.41) is 35.4. The van der Waals surface area contributed by atoms with Gasteiger partial charge < -0.3 is 44.3 Å². The summed E-state index contributed by atoms with van der Waals surface area (Å²) in [5.41, 5.74) is -1.74. The van der Waals surface area contributed by atoms with Crippen LogP contribution < -0.4 is 19.5 Å². The zero-order valence-electron chi connectivity index (χ0n) is 21.6. The molecule has 208 valence electrons. The molecule has 1 heterocycles. The van der Waals surface area contributed by atoms with Gasteiger partial charge in [0.2, 0.25) is 0 Å². The number of likely N-dealkylation sites (N-methyl/N-ethyl adjacent to an activating group) is 1. The summed E-state index contributed by atoms with van der Waals surface area (Å²) < 4.78 is 18.4. The molecule has 0 spiro atoms. The molecule has 0 fully saturated rings. The Hall–Kier alpha value is -3.67. The first-order valence-electron chi connectivity index (χ1n) is 12.4. The molecule has 0 saturated heterocycles. The number of para-hydroxylation sites is 2. The Morgan fingerprint density at radius 1 is 0.947 bits per heavy atom. The lowest BCUT2D eigenvalue weighted by atomic mass is 9.85. The Kier molecular flexibility index (Phi) is 11.5. The molecular weight excluding hydrogens is 498 g/mol. The second-order valence-electron chi connectivity index (χ2n) is 8.74. The molecule has 11 heteroatoms. The van der Waals surface area contributed by atoms with Crippen molar-refractivity contribution < 1.29 is 53.9 Å². The van der Waals surface area contributed by atoms with Gasteiger partial charge in [-0.05, 0) is 26.0 Å². The first-order valence-corrected chi connectivity index (χ1v) is 12.4. The molecule has 1 unspecified atom stereocenters. The van der Waals surface area contributed by atoms with Gasteiger partial charge in [0.1, 0.15) is 12.0 Å². The Bertz CT molecular complexity index is 1020. The van der Waals surface area contributed by atoms with E-state index in [0.717, 1.165) is 43.3 Å². The number of carboxylic acids is 3. The van der Waals surface area contributed by atoms with Gasteiger partial charge in [0.05, 0.1) is 51.7 Å². The van der Waals surface area contributed by atoms with Crippen molar-refractivity contribution in [3.8, 4) is 11.5 Å². The second-order valence-corrected chi connectivity index (χ2v) is 8.74. The fourth-order valence-corrected chi connectivity index (χ4v) is 3.86. The number of carbonyl (C=O) groups is 3. The molecule has 2 aromatic rings. The van der Waals surface area contributed by atoms with E-state index in [2.05, 4.69) is 13.8 Å². The van der Waals surface area contributed by atoms with Gasteiger partial charge in [0, 0.05) is 5.56 Å². The van der Waals surface area contributed by atoms with Crippen LogP contribution in [0.3, 0.4) is 0 Å². The largest absolute Gasteiger partial charge is 0.549 e. The summed E-state index contributed by atoms with van der Waals surface area (Å²) in [6, 6.07) is 17.9. The van der Waals surface area contributed by atoms with Crippen molar-refractivity contribution in [2.45, 2.75) is 32.5 Å². The maximum absolute atomic E-state index is 10.4. The fraction of sp³-hybridized carbons (Fsp3) is 0.444. The van der Waals surface area contributed by atoms with Crippen molar-refractivity contribution in [3.63, 3.8) is 0 Å². The van der Waals surface area contributed by atoms with Gasteiger partial charge in [-0.3, -0.25) is 9.59 Å². The molecule has 0 saturated carbocycles. The predicted molar refractivity (Wildman–Crippen MR) is 133 cm³/mol. The van der Waals surface area contributed by atoms with Crippen molar-refractivity contribution in [3.05, 3.63) is 60.2 Å². The van der Waals surface area contributed by atoms with Crippen LogP contribution in [0.5, 0.6) is 11.5 Å². The molecule has 0 aromatic heterocycles. The number of rotatable bonds is 14. The zero-order valence-corrected chi connectivity index (χ0v) is 21.6. The Labute approximate surface area is 221 Å². The fourth-order valence-electron chi connectivity index (χ4n) is 3.86. The van der Waals surface area contributed by atoms with Crippen molar-refractivity contribution in [2.75, 3.05) is 39.5 Å². The van der Waals surface area contributed by atoms with Crippen LogP contribution in [-0.4, -0.2) is 72.7 Å². The number of carboxylic acid groups (broad SMARTS) is 3. The number of ether oxygens (including phenoxy) is 3. The highest BCUT2D eigenvalue weighted by molar-refractivity contribution is 6.00. The number of aliphatic hydroxyl groups is 1. The predicted octanol–water partition coefficient (Wildman–Crippen LogP) is -0.0835. The topological polar surface area (TPSA) is 167 Å². The van der Waals surface area contributed by atoms with Crippen LogP contribution in [0.15, 0.2) is 54.6 Å². The lowest BCUT2D eigenvalue weighted by Crippen LogP contribution is -3.11. The normalized spacial score (nSPS) is 14.7. The zero-order chi connectivity index (χ0) is 28.2. The molecule has 0 bridgehead atoms. The van der Waals surface area contributed by atoms with Crippen LogP contribution >= 0.6 is 0 Å². The molecule has 0 amide bonds. The van der Waals surface area contributed by atoms with Gasteiger partial charge in [0.25, 0.3) is 5.79 Å². The van der Waals surface area contributed by atoms with E-state index in [-0.39, 0.29) is 0 Å². The SMILES string of the molecule is CC[NH+](CC)CCOCCC1(c2ccccc2)Oc2ccccc2O1.O=C(O)CC(CO)(C(=O)[O-])C(=O)O. The molecular formula is C27H35NO10. The quantitative estimate of drug-likeness (QED) is 0.190. The summed E-state index contributed by atoms with van der Waals surface area (Å²) >= 11 is 0. The average Bonchev–Trinajstić information content (AvgIpc) is 3.29. The Balaban J connectivity index is 0.000000332. The monoisotopic (exact) mass is 533 g/mol. The number of hydrogen-bond donors (Lipinski definition) is 4. The van der Waals surface area contributed by atoms with E-state index in [1.54, 1.807) is 4.90 Å². The molecule has 3 rings (SSSR count). The van der Waals surface area contributed by atoms with Gasteiger partial charge in [-0.1, -0.05) is 42.5 Å². The first-order chi connectivity index (χ1) is 18.1. The minimum Gasteiger partial charge on any atom is -0.549 e. The van der Waals surface area contributed by atoms with E-state index in [1.807, 2.05) is 54.6 Å². The third-order valence-corrected chi connectivity index (χ3v) is 6.31. The van der Waals surface area contributed by atoms with E-state index in [9.17, 15) is 19.5 Å². The molecule has 0 radical (unpaired) electrons. The molecule has 4 N–H and O–H groups in total. The molecule has 0 aliphatic carbocycles. The lowest BCUT2D eigenvalue weighted by molar-refractivity contribution is -0.896. The third kappa shape index (κ3) is 7.67. The highest BCUT2D eigenvalue weighted by atomic mass is 16.7. The number of aliphatic carboxylic acids is 3. The van der Waals surface area contributed by atoms with Gasteiger partial charge in [-0.15, -0.1) is 0 Å². The van der Waals surface area contributed by atoms with Crippen LogP contribution in [0.25, 0.3) is 0 Å². The Morgan fingerprint density at radius 2 is 1.50 bits per heavy atom. The molecule has 11 nitrogen and oxygen atoms in total. The number of quaternary nitrogens is 1. The summed E-state index contributed by atoms with van der Waals surface area (Å²) in [5.74, 6) is -4.91. The van der Waals surface area contributed by atoms with Crippen molar-refractivity contribution in [1.29, 1.82) is 0 Å². The van der Waals surface area contributed by atoms with E-state index < -0.39 is 42.1 Å². The number of aliphatic hydroxyl groups excluding tert-OH is 1. The number of fused-ring (bicyclic) bond motifs is 1. The van der Waals surface area contributed by atoms with Crippen LogP contribution in [0.4, 0.5) is 0 Å². The summed E-state index contributed by atoms with van der Waals surface area (Å²) in [7, 11) is 0. The number of hydrogen-bond acceptors (Lipinski definition) is 8. The van der Waals surface area contributed by atoms with Crippen molar-refractivity contribution in [2.24, 2.45) is 5.41 Å². The maximum atomic E-state index is 10.4. The second kappa shape index (κ2) is 14.3. The van der Waals surface area contributed by atoms with Crippen LogP contribution in [0.1, 0.15) is 32.3 Å². The summed E-state index contributed by atoms with van der Waals surface area (Å²) in [4.78, 5) is 32.4. The average molecular weight is 534 g/mol. The maximum Gasteiger partial charge on any atom is 0.318 e. The number of nitrogens with one attached hydrogen (secondary N) is 1. The molecule has 2 aromatic carbocycles. The van der Waals surface area contributed by atoms with E-state index in [0.29, 0.717) is 13.0 Å². The van der Waals surface area contributed by atoms with Crippen LogP contribution in [0.2, 0.25) is 0 Å². The number of carbonyl (C=O) groups excluding carboxylic acids is 1. The van der Waals surface area contributed by atoms with Crippen molar-refractivity contribution >= 4 is 17.9 Å². The van der Waals surface area contributed by atoms with E-state index in [4.69, 9.17) is 29.5 Å². The lowest BCUT2D eigenvalue weighted by Gasteiger charge is -2.28. The minimum atomic E-state index is -2.76. The third-order valence-electron chi connectivity index (χ3n) is 6.31. The summed E-state index contributed by atoms with van der Waals surface area (Å²) in [6.07, 6.45) is -0.569.